The smallest absolute Gasteiger partial charge is 0.268 e. The van der Waals surface area contributed by atoms with Crippen LogP contribution < -0.4 is 9.62 Å². The molecule has 0 spiro atoms. The Bertz CT molecular complexity index is 1130. The standard InChI is InChI=1S/C20H25ClF3N4O2SSi2/c1-27(2)8-3-4-10-33(32)11-9-28(13-33)15-12-14(22)20(19(24)18(15)21)31(29,30)26-17-7-5-6-16(23)25-17/h5-7,12H,3-4,8-11,13H2,1-2H3,(H,25,26)/t33-/m1/s1. The van der Waals surface area contributed by atoms with Crippen molar-refractivity contribution >= 4 is 50.5 Å². The average molecular weight is 534 g/mol. The number of aromatic nitrogens is 1. The largest absolute Gasteiger partial charge is 0.374 e. The highest BCUT2D eigenvalue weighted by Crippen LogP contribution is 2.38. The van der Waals surface area contributed by atoms with Crippen LogP contribution in [0, 0.1) is 17.6 Å². The molecule has 3 radical (unpaired) electrons. The molecule has 0 aliphatic carbocycles. The summed E-state index contributed by atoms with van der Waals surface area (Å²) in [6.45, 7) is 1.57. The quantitative estimate of drug-likeness (QED) is 0.230. The zero-order chi connectivity index (χ0) is 24.4. The molecule has 0 saturated carbocycles. The maximum Gasteiger partial charge on any atom is 0.268 e. The second-order valence-electron chi connectivity index (χ2n) is 8.50. The van der Waals surface area contributed by atoms with Crippen LogP contribution in [0.2, 0.25) is 17.1 Å². The van der Waals surface area contributed by atoms with Crippen LogP contribution >= 0.6 is 11.6 Å². The van der Waals surface area contributed by atoms with Gasteiger partial charge in [0.2, 0.25) is 5.95 Å². The molecule has 1 atom stereocenters. The zero-order valence-corrected chi connectivity index (χ0v) is 21.9. The predicted octanol–water partition coefficient (Wildman–Crippen LogP) is 3.77. The summed E-state index contributed by atoms with van der Waals surface area (Å²) in [4.78, 5) is 6.06. The Labute approximate surface area is 201 Å². The van der Waals surface area contributed by atoms with E-state index in [0.29, 0.717) is 12.7 Å². The van der Waals surface area contributed by atoms with Gasteiger partial charge in [-0.25, -0.2) is 22.2 Å². The molecular weight excluding hydrogens is 509 g/mol. The van der Waals surface area contributed by atoms with Gasteiger partial charge in [-0.3, -0.25) is 4.72 Å². The number of sulfonamides is 1. The SMILES string of the molecule is CN(C)CCCC[Si@@]1([Si])CCN(c2cc(F)c(S(=O)(=O)Nc3cccc(F)n3)c(F)c2Cl)C1. The van der Waals surface area contributed by atoms with Gasteiger partial charge in [0.15, 0.2) is 10.7 Å². The predicted molar refractivity (Wildman–Crippen MR) is 127 cm³/mol. The van der Waals surface area contributed by atoms with Gasteiger partial charge < -0.3 is 9.80 Å². The summed E-state index contributed by atoms with van der Waals surface area (Å²) >= 11 is 6.18. The molecule has 33 heavy (non-hydrogen) atoms. The van der Waals surface area contributed by atoms with E-state index < -0.39 is 50.9 Å². The normalized spacial score (nSPS) is 18.8. The number of hydrogen-bond donors (Lipinski definition) is 1. The number of anilines is 2. The lowest BCUT2D eigenvalue weighted by molar-refractivity contribution is 0.398. The van der Waals surface area contributed by atoms with E-state index in [2.05, 4.69) is 19.6 Å². The van der Waals surface area contributed by atoms with Gasteiger partial charge in [-0.15, -0.1) is 0 Å². The minimum atomic E-state index is -4.74. The van der Waals surface area contributed by atoms with E-state index in [4.69, 9.17) is 11.6 Å². The van der Waals surface area contributed by atoms with Crippen LogP contribution in [0.5, 0.6) is 0 Å². The van der Waals surface area contributed by atoms with Crippen molar-refractivity contribution < 1.29 is 21.6 Å². The fraction of sp³-hybridized carbons (Fsp3) is 0.450. The topological polar surface area (TPSA) is 65.5 Å². The van der Waals surface area contributed by atoms with Gasteiger partial charge in [0.25, 0.3) is 10.0 Å². The van der Waals surface area contributed by atoms with Crippen LogP contribution in [-0.2, 0) is 10.0 Å². The van der Waals surface area contributed by atoms with Gasteiger partial charge in [0.1, 0.15) is 16.7 Å². The Morgan fingerprint density at radius 3 is 2.67 bits per heavy atom. The van der Waals surface area contributed by atoms with Crippen molar-refractivity contribution in [2.45, 2.75) is 29.8 Å². The average Bonchev–Trinajstić information content (AvgIpc) is 3.09. The number of rotatable bonds is 9. The first kappa shape index (κ1) is 26.0. The molecule has 1 fully saturated rings. The van der Waals surface area contributed by atoms with Crippen molar-refractivity contribution in [3.63, 3.8) is 0 Å². The van der Waals surface area contributed by atoms with Crippen LogP contribution in [0.1, 0.15) is 12.8 Å². The van der Waals surface area contributed by atoms with Crippen molar-refractivity contribution in [3.05, 3.63) is 46.9 Å². The number of hydrogen-bond acceptors (Lipinski definition) is 5. The van der Waals surface area contributed by atoms with Crippen molar-refractivity contribution in [2.75, 3.05) is 43.0 Å². The summed E-state index contributed by atoms with van der Waals surface area (Å²) in [7, 11) is 1.45. The van der Waals surface area contributed by atoms with Gasteiger partial charge in [-0.1, -0.05) is 30.1 Å². The highest BCUT2D eigenvalue weighted by molar-refractivity contribution is 7.92. The fourth-order valence-electron chi connectivity index (χ4n) is 3.87. The molecule has 13 heteroatoms. The van der Waals surface area contributed by atoms with Gasteiger partial charge in [-0.05, 0) is 45.2 Å². The minimum Gasteiger partial charge on any atom is -0.374 e. The van der Waals surface area contributed by atoms with E-state index in [1.807, 2.05) is 18.8 Å². The van der Waals surface area contributed by atoms with Gasteiger partial charge >= 0.3 is 0 Å². The first-order valence-corrected chi connectivity index (χ1v) is 16.4. The molecule has 1 saturated heterocycles. The van der Waals surface area contributed by atoms with Crippen LogP contribution in [0.25, 0.3) is 0 Å². The number of nitrogens with one attached hydrogen (secondary N) is 1. The van der Waals surface area contributed by atoms with Crippen molar-refractivity contribution in [3.8, 4) is 0 Å². The summed E-state index contributed by atoms with van der Waals surface area (Å²) in [6, 6.07) is 6.24. The maximum absolute atomic E-state index is 15.1. The van der Waals surface area contributed by atoms with E-state index in [-0.39, 0.29) is 5.69 Å². The van der Waals surface area contributed by atoms with Crippen molar-refractivity contribution in [1.29, 1.82) is 0 Å². The van der Waals surface area contributed by atoms with Crippen molar-refractivity contribution in [2.24, 2.45) is 0 Å². The second-order valence-corrected chi connectivity index (χ2v) is 17.6. The van der Waals surface area contributed by atoms with Gasteiger partial charge in [-0.2, -0.15) is 4.39 Å². The zero-order valence-electron chi connectivity index (χ0n) is 18.3. The molecule has 2 heterocycles. The number of unbranched alkanes of at least 4 members (excludes halogenated alkanes) is 1. The summed E-state index contributed by atoms with van der Waals surface area (Å²) in [5.74, 6) is -4.02. The molecule has 1 N–H and O–H groups in total. The molecule has 1 aromatic carbocycles. The summed E-state index contributed by atoms with van der Waals surface area (Å²) in [5.41, 5.74) is 0.121. The highest BCUT2D eigenvalue weighted by atomic mass is 35.5. The number of pyridine rings is 1. The lowest BCUT2D eigenvalue weighted by atomic mass is 10.2. The monoisotopic (exact) mass is 533 g/mol. The Morgan fingerprint density at radius 2 is 2.00 bits per heavy atom. The molecular formula is C20H25ClF3N4O2SSi2. The van der Waals surface area contributed by atoms with E-state index in [0.717, 1.165) is 49.7 Å². The molecule has 1 aliphatic heterocycles. The van der Waals surface area contributed by atoms with Crippen LogP contribution in [0.4, 0.5) is 24.7 Å². The molecule has 3 rings (SSSR count). The Morgan fingerprint density at radius 1 is 1.27 bits per heavy atom. The number of nitrogens with zero attached hydrogens (tertiary/aromatic N) is 3. The summed E-state index contributed by atoms with van der Waals surface area (Å²) < 4.78 is 70.3. The third-order valence-corrected chi connectivity index (χ3v) is 12.7. The second kappa shape index (κ2) is 10.3. The number of halogens is 4. The minimum absolute atomic E-state index is 0.121. The third kappa shape index (κ3) is 6.29. The lowest BCUT2D eigenvalue weighted by Gasteiger charge is -2.25. The summed E-state index contributed by atoms with van der Waals surface area (Å²) in [5, 5.41) is -0.471. The molecule has 0 unspecified atom stereocenters. The highest BCUT2D eigenvalue weighted by Gasteiger charge is 2.38. The molecule has 0 bridgehead atoms. The van der Waals surface area contributed by atoms with Crippen LogP contribution in [-0.4, -0.2) is 69.0 Å². The van der Waals surface area contributed by atoms with E-state index >= 15 is 4.39 Å². The van der Waals surface area contributed by atoms with Gasteiger partial charge in [0, 0.05) is 28.5 Å². The van der Waals surface area contributed by atoms with Crippen LogP contribution in [0.3, 0.4) is 0 Å². The van der Waals surface area contributed by atoms with Crippen molar-refractivity contribution in [1.82, 2.24) is 9.88 Å². The van der Waals surface area contributed by atoms with E-state index in [1.54, 1.807) is 4.90 Å². The molecule has 1 aromatic heterocycles. The third-order valence-electron chi connectivity index (χ3n) is 5.53. The molecule has 6 nitrogen and oxygen atoms in total. The van der Waals surface area contributed by atoms with Gasteiger partial charge in [0.05, 0.1) is 13.3 Å². The molecule has 179 valence electrons. The van der Waals surface area contributed by atoms with E-state index in [9.17, 15) is 17.2 Å². The number of benzene rings is 1. The Hall–Kier alpha value is -1.61. The summed E-state index contributed by atoms with van der Waals surface area (Å²) in [6.07, 6.45) is 2.73. The Balaban J connectivity index is 1.80. The molecule has 2 aromatic rings. The fourth-order valence-corrected chi connectivity index (χ4v) is 10.0. The maximum atomic E-state index is 15.1. The first-order chi connectivity index (χ1) is 15.4. The molecule has 1 aliphatic rings. The molecule has 0 amide bonds. The Kier molecular flexibility index (Phi) is 8.15. The van der Waals surface area contributed by atoms with E-state index in [1.165, 1.54) is 6.07 Å². The first-order valence-electron chi connectivity index (χ1n) is 10.4. The lowest BCUT2D eigenvalue weighted by Crippen LogP contribution is -2.40. The van der Waals surface area contributed by atoms with Crippen LogP contribution in [0.15, 0.2) is 29.2 Å².